The second-order valence-corrected chi connectivity index (χ2v) is 5.77. The molecule has 1 aromatic rings. The van der Waals surface area contributed by atoms with E-state index in [1.165, 1.54) is 21.7 Å². The predicted molar refractivity (Wildman–Crippen MR) is 66.2 cm³/mol. The predicted octanol–water partition coefficient (Wildman–Crippen LogP) is -0.871. The number of amides is 1. The van der Waals surface area contributed by atoms with Crippen LogP contribution in [0.3, 0.4) is 0 Å². The van der Waals surface area contributed by atoms with Gasteiger partial charge < -0.3 is 4.74 Å². The maximum absolute atomic E-state index is 11.7. The zero-order valence-corrected chi connectivity index (χ0v) is 11.5. The Morgan fingerprint density at radius 3 is 2.90 bits per heavy atom. The molecule has 20 heavy (non-hydrogen) atoms. The van der Waals surface area contributed by atoms with Gasteiger partial charge in [-0.05, 0) is 0 Å². The van der Waals surface area contributed by atoms with Gasteiger partial charge in [0.05, 0.1) is 12.8 Å². The zero-order valence-electron chi connectivity index (χ0n) is 10.7. The zero-order chi connectivity index (χ0) is 14.8. The number of hydrogen-bond donors (Lipinski definition) is 0. The van der Waals surface area contributed by atoms with Crippen molar-refractivity contribution in [3.8, 4) is 0 Å². The summed E-state index contributed by atoms with van der Waals surface area (Å²) in [6.45, 7) is 0.0251. The molecule has 0 radical (unpaired) electrons. The van der Waals surface area contributed by atoms with E-state index in [2.05, 4.69) is 13.9 Å². The fraction of sp³-hybridized carbons (Fsp3) is 0.500. The van der Waals surface area contributed by atoms with Gasteiger partial charge in [0.25, 0.3) is 15.7 Å². The molecule has 0 unspecified atom stereocenters. The molecule has 9 nitrogen and oxygen atoms in total. The van der Waals surface area contributed by atoms with Crippen molar-refractivity contribution in [2.24, 2.45) is 0 Å². The van der Waals surface area contributed by atoms with Crippen LogP contribution in [-0.2, 0) is 32.1 Å². The van der Waals surface area contributed by atoms with Crippen LogP contribution < -0.4 is 5.56 Å². The number of nitrogens with zero attached hydrogens (tertiary/aromatic N) is 3. The van der Waals surface area contributed by atoms with E-state index in [-0.39, 0.29) is 18.6 Å². The minimum absolute atomic E-state index is 0.119. The summed E-state index contributed by atoms with van der Waals surface area (Å²) in [7, 11) is -3.66. The van der Waals surface area contributed by atoms with Crippen LogP contribution in [0.25, 0.3) is 0 Å². The first-order valence-electron chi connectivity index (χ1n) is 5.67. The highest BCUT2D eigenvalue weighted by molar-refractivity contribution is 7.85. The van der Waals surface area contributed by atoms with Crippen LogP contribution in [-0.4, -0.2) is 48.6 Å². The Hall–Kier alpha value is -1.94. The second kappa shape index (κ2) is 5.59. The van der Waals surface area contributed by atoms with Crippen LogP contribution in [0, 0.1) is 0 Å². The minimum atomic E-state index is -3.66. The molecular formula is C10H13N3O6S. The molecule has 2 heterocycles. The molecule has 0 fully saturated rings. The number of hydrogen-bond acceptors (Lipinski definition) is 7. The van der Waals surface area contributed by atoms with E-state index >= 15 is 0 Å². The third-order valence-corrected chi connectivity index (χ3v) is 3.17. The lowest BCUT2D eigenvalue weighted by Crippen LogP contribution is -2.43. The Kier molecular flexibility index (Phi) is 4.04. The van der Waals surface area contributed by atoms with Crippen LogP contribution in [0.4, 0.5) is 4.79 Å². The molecule has 0 spiro atoms. The number of aromatic nitrogens is 2. The Balaban J connectivity index is 1.95. The van der Waals surface area contributed by atoms with E-state index in [0.29, 0.717) is 12.4 Å². The fourth-order valence-electron chi connectivity index (χ4n) is 1.72. The standard InChI is InChI=1S/C10H13N3O6S/c1-20(16,17)19-7-18-10(15)12-4-5-13-8(6-12)11-3-2-9(13)14/h2-3H,4-7H2,1H3. The first kappa shape index (κ1) is 14.5. The molecular weight excluding hydrogens is 290 g/mol. The molecule has 1 aliphatic heterocycles. The van der Waals surface area contributed by atoms with Crippen molar-refractivity contribution in [1.29, 1.82) is 0 Å². The monoisotopic (exact) mass is 303 g/mol. The summed E-state index contributed by atoms with van der Waals surface area (Å²) >= 11 is 0. The van der Waals surface area contributed by atoms with Crippen LogP contribution in [0.5, 0.6) is 0 Å². The van der Waals surface area contributed by atoms with Gasteiger partial charge in [0.1, 0.15) is 5.82 Å². The Morgan fingerprint density at radius 1 is 1.45 bits per heavy atom. The number of carbonyl (C=O) groups excluding carboxylic acids is 1. The first-order chi connectivity index (χ1) is 9.37. The van der Waals surface area contributed by atoms with Crippen molar-refractivity contribution in [2.75, 3.05) is 19.6 Å². The molecule has 110 valence electrons. The van der Waals surface area contributed by atoms with Crippen LogP contribution in [0.2, 0.25) is 0 Å². The van der Waals surface area contributed by atoms with Crippen molar-refractivity contribution in [3.05, 3.63) is 28.4 Å². The fourth-order valence-corrected chi connectivity index (χ4v) is 1.94. The molecule has 0 bridgehead atoms. The van der Waals surface area contributed by atoms with Gasteiger partial charge in [-0.2, -0.15) is 8.42 Å². The van der Waals surface area contributed by atoms with E-state index in [9.17, 15) is 18.0 Å². The Bertz CT molecular complexity index is 668. The number of fused-ring (bicyclic) bond motifs is 1. The molecule has 10 heteroatoms. The van der Waals surface area contributed by atoms with Crippen LogP contribution in [0.1, 0.15) is 5.82 Å². The molecule has 0 saturated carbocycles. The van der Waals surface area contributed by atoms with Gasteiger partial charge >= 0.3 is 6.09 Å². The lowest BCUT2D eigenvalue weighted by molar-refractivity contribution is 0.0330. The lowest BCUT2D eigenvalue weighted by atomic mass is 10.3. The minimum Gasteiger partial charge on any atom is -0.421 e. The molecule has 0 saturated heterocycles. The number of rotatable bonds is 3. The van der Waals surface area contributed by atoms with Crippen LogP contribution in [0.15, 0.2) is 17.1 Å². The maximum atomic E-state index is 11.7. The topological polar surface area (TPSA) is 108 Å². The van der Waals surface area contributed by atoms with E-state index in [4.69, 9.17) is 0 Å². The van der Waals surface area contributed by atoms with Crippen molar-refractivity contribution in [1.82, 2.24) is 14.5 Å². The summed E-state index contributed by atoms with van der Waals surface area (Å²) in [5.41, 5.74) is -0.177. The Labute approximate surface area is 114 Å². The van der Waals surface area contributed by atoms with Crippen LogP contribution >= 0.6 is 0 Å². The number of ether oxygens (including phenoxy) is 1. The molecule has 1 aromatic heterocycles. The molecule has 0 atom stereocenters. The third kappa shape index (κ3) is 3.54. The van der Waals surface area contributed by atoms with Crippen molar-refractivity contribution in [2.45, 2.75) is 13.1 Å². The highest BCUT2D eigenvalue weighted by Crippen LogP contribution is 2.08. The largest absolute Gasteiger partial charge is 0.421 e. The molecule has 1 aliphatic rings. The lowest BCUT2D eigenvalue weighted by Gasteiger charge is -2.27. The maximum Gasteiger partial charge on any atom is 0.412 e. The van der Waals surface area contributed by atoms with Gasteiger partial charge in [0, 0.05) is 25.4 Å². The third-order valence-electron chi connectivity index (χ3n) is 2.65. The molecule has 0 aliphatic carbocycles. The van der Waals surface area contributed by atoms with Gasteiger partial charge in [-0.15, -0.1) is 0 Å². The average molecular weight is 303 g/mol. The molecule has 0 aromatic carbocycles. The normalized spacial score (nSPS) is 14.8. The summed E-state index contributed by atoms with van der Waals surface area (Å²) in [4.78, 5) is 28.5. The molecule has 1 amide bonds. The summed E-state index contributed by atoms with van der Waals surface area (Å²) in [6, 6.07) is 1.34. The van der Waals surface area contributed by atoms with Gasteiger partial charge in [-0.25, -0.2) is 14.0 Å². The van der Waals surface area contributed by atoms with E-state index in [1.807, 2.05) is 0 Å². The SMILES string of the molecule is CS(=O)(=O)OCOC(=O)N1CCn2c(nccc2=O)C1. The van der Waals surface area contributed by atoms with E-state index in [0.717, 1.165) is 6.26 Å². The average Bonchev–Trinajstić information content (AvgIpc) is 2.37. The summed E-state index contributed by atoms with van der Waals surface area (Å²) in [5, 5.41) is 0. The summed E-state index contributed by atoms with van der Waals surface area (Å²) in [6.07, 6.45) is 1.50. The molecule has 0 N–H and O–H groups in total. The molecule has 2 rings (SSSR count). The van der Waals surface area contributed by atoms with Crippen molar-refractivity contribution < 1.29 is 22.1 Å². The highest BCUT2D eigenvalue weighted by Gasteiger charge is 2.23. The second-order valence-electron chi connectivity index (χ2n) is 4.12. The van der Waals surface area contributed by atoms with Gasteiger partial charge in [0.2, 0.25) is 6.79 Å². The van der Waals surface area contributed by atoms with Gasteiger partial charge in [-0.3, -0.25) is 14.3 Å². The summed E-state index contributed by atoms with van der Waals surface area (Å²) < 4.78 is 31.9. The van der Waals surface area contributed by atoms with Crippen molar-refractivity contribution >= 4 is 16.2 Å². The number of carbonyl (C=O) groups is 1. The Morgan fingerprint density at radius 2 is 2.20 bits per heavy atom. The van der Waals surface area contributed by atoms with E-state index in [1.54, 1.807) is 0 Å². The first-order valence-corrected chi connectivity index (χ1v) is 7.49. The summed E-state index contributed by atoms with van der Waals surface area (Å²) in [5.74, 6) is 0.449. The smallest absolute Gasteiger partial charge is 0.412 e. The van der Waals surface area contributed by atoms with Crippen molar-refractivity contribution in [3.63, 3.8) is 0 Å². The van der Waals surface area contributed by atoms with Gasteiger partial charge in [-0.1, -0.05) is 0 Å². The van der Waals surface area contributed by atoms with E-state index < -0.39 is 23.0 Å². The quantitative estimate of drug-likeness (QED) is 0.527. The highest BCUT2D eigenvalue weighted by atomic mass is 32.2. The van der Waals surface area contributed by atoms with Gasteiger partial charge in [0.15, 0.2) is 0 Å².